The third-order valence-corrected chi connectivity index (χ3v) is 14.0. The molecule has 4 aliphatic rings. The minimum atomic E-state index is -4.23. The number of nitrogens with one attached hydrogen (secondary N) is 2. The van der Waals surface area contributed by atoms with Crippen LogP contribution < -0.4 is 19.5 Å². The number of fused-ring (bicyclic) bond motifs is 5. The maximum absolute atomic E-state index is 12.8. The average molecular weight is 633 g/mol. The van der Waals surface area contributed by atoms with Gasteiger partial charge in [0.05, 0.1) is 26.9 Å². The van der Waals surface area contributed by atoms with Crippen molar-refractivity contribution >= 4 is 21.8 Å². The fourth-order valence-corrected chi connectivity index (χ4v) is 11.4. The van der Waals surface area contributed by atoms with Crippen molar-refractivity contribution in [3.63, 3.8) is 0 Å². The first-order valence-electron chi connectivity index (χ1n) is 16.5. The van der Waals surface area contributed by atoms with Gasteiger partial charge in [0.25, 0.3) is 15.9 Å². The normalized spacial score (nSPS) is 35.4. The number of carbonyl (C=O) groups excluding carboxylic acids is 2. The maximum Gasteiger partial charge on any atom is 0.267 e. The van der Waals surface area contributed by atoms with Gasteiger partial charge >= 0.3 is 0 Å². The Bertz CT molecular complexity index is 1330. The molecule has 9 nitrogen and oxygen atoms in total. The summed E-state index contributed by atoms with van der Waals surface area (Å²) in [5, 5.41) is 12.9. The van der Waals surface area contributed by atoms with Gasteiger partial charge in [-0.05, 0) is 123 Å². The van der Waals surface area contributed by atoms with E-state index in [1.165, 1.54) is 64.9 Å². The first-order chi connectivity index (χ1) is 20.8. The number of aliphatic hydroxyl groups excluding tert-OH is 1. The van der Waals surface area contributed by atoms with Crippen molar-refractivity contribution in [2.45, 2.75) is 102 Å². The van der Waals surface area contributed by atoms with Crippen LogP contribution in [0.4, 0.5) is 0 Å². The van der Waals surface area contributed by atoms with E-state index in [1.54, 1.807) is 6.07 Å². The summed E-state index contributed by atoms with van der Waals surface area (Å²) in [6.07, 6.45) is 11.6. The second kappa shape index (κ2) is 12.8. The lowest BCUT2D eigenvalue weighted by Gasteiger charge is -2.61. The van der Waals surface area contributed by atoms with Gasteiger partial charge in [0, 0.05) is 12.5 Å². The van der Waals surface area contributed by atoms with E-state index in [1.807, 2.05) is 4.72 Å². The molecule has 1 aromatic carbocycles. The molecule has 3 N–H and O–H groups in total. The van der Waals surface area contributed by atoms with Gasteiger partial charge in [-0.3, -0.25) is 9.59 Å². The quantitative estimate of drug-likeness (QED) is 0.329. The fraction of sp³-hybridized carbons (Fsp3) is 0.765. The lowest BCUT2D eigenvalue weighted by atomic mass is 9.44. The molecule has 0 saturated heterocycles. The van der Waals surface area contributed by atoms with Crippen LogP contribution in [0.3, 0.4) is 0 Å². The third-order valence-electron chi connectivity index (χ3n) is 12.6. The number of benzene rings is 1. The van der Waals surface area contributed by atoms with E-state index in [4.69, 9.17) is 9.47 Å². The minimum Gasteiger partial charge on any atom is -0.497 e. The molecule has 0 heterocycles. The van der Waals surface area contributed by atoms with Crippen LogP contribution in [-0.4, -0.2) is 52.2 Å². The molecular formula is C34H52N2O7S. The van der Waals surface area contributed by atoms with Crippen LogP contribution in [0.2, 0.25) is 0 Å². The molecule has 9 atom stereocenters. The van der Waals surface area contributed by atoms with Gasteiger partial charge in [0.2, 0.25) is 5.91 Å². The number of methoxy groups -OCH3 is 2. The molecule has 10 heteroatoms. The van der Waals surface area contributed by atoms with Crippen LogP contribution in [0, 0.1) is 46.3 Å². The molecule has 0 aromatic heterocycles. The predicted molar refractivity (Wildman–Crippen MR) is 168 cm³/mol. The highest BCUT2D eigenvalue weighted by molar-refractivity contribution is 7.90. The summed E-state index contributed by atoms with van der Waals surface area (Å²) < 4.78 is 37.9. The Hall–Kier alpha value is -2.33. The van der Waals surface area contributed by atoms with Crippen LogP contribution in [0.25, 0.3) is 0 Å². The Morgan fingerprint density at radius 3 is 2.43 bits per heavy atom. The molecule has 4 saturated carbocycles. The van der Waals surface area contributed by atoms with Gasteiger partial charge in [-0.1, -0.05) is 20.8 Å². The molecule has 0 aliphatic heterocycles. The molecule has 0 radical (unpaired) electrons. The molecular weight excluding hydrogens is 580 g/mol. The average Bonchev–Trinajstić information content (AvgIpc) is 3.36. The smallest absolute Gasteiger partial charge is 0.267 e. The van der Waals surface area contributed by atoms with Gasteiger partial charge in [-0.25, -0.2) is 13.1 Å². The Balaban J connectivity index is 1.12. The van der Waals surface area contributed by atoms with Crippen molar-refractivity contribution < 1.29 is 32.6 Å². The Kier molecular flexibility index (Phi) is 9.62. The predicted octanol–water partition coefficient (Wildman–Crippen LogP) is 5.06. The Morgan fingerprint density at radius 2 is 1.70 bits per heavy atom. The molecule has 5 rings (SSSR count). The summed E-state index contributed by atoms with van der Waals surface area (Å²) >= 11 is 0. The van der Waals surface area contributed by atoms with Crippen LogP contribution in [0.15, 0.2) is 23.1 Å². The monoisotopic (exact) mass is 632 g/mol. The van der Waals surface area contributed by atoms with Crippen molar-refractivity contribution in [3.05, 3.63) is 18.2 Å². The van der Waals surface area contributed by atoms with E-state index in [2.05, 4.69) is 26.1 Å². The molecule has 4 aliphatic carbocycles. The van der Waals surface area contributed by atoms with E-state index >= 15 is 0 Å². The zero-order chi connectivity index (χ0) is 31.9. The third kappa shape index (κ3) is 6.22. The fourth-order valence-electron chi connectivity index (χ4n) is 10.3. The molecule has 246 valence electrons. The summed E-state index contributed by atoms with van der Waals surface area (Å²) in [5.74, 6) is 3.22. The highest BCUT2D eigenvalue weighted by Gasteiger charge is 2.60. The van der Waals surface area contributed by atoms with Crippen LogP contribution in [0.1, 0.15) is 91.4 Å². The van der Waals surface area contributed by atoms with Gasteiger partial charge in [-0.2, -0.15) is 0 Å². The zero-order valence-electron chi connectivity index (χ0n) is 27.1. The van der Waals surface area contributed by atoms with Crippen molar-refractivity contribution in [2.75, 3.05) is 20.8 Å². The second-order valence-electron chi connectivity index (χ2n) is 14.7. The summed E-state index contributed by atoms with van der Waals surface area (Å²) in [5.41, 5.74) is 0.667. The highest BCUT2D eigenvalue weighted by atomic mass is 32.2. The molecule has 4 fully saturated rings. The van der Waals surface area contributed by atoms with Crippen molar-refractivity contribution in [2.24, 2.45) is 46.3 Å². The summed E-state index contributed by atoms with van der Waals surface area (Å²) in [6.45, 7) is 6.90. The van der Waals surface area contributed by atoms with E-state index in [0.717, 1.165) is 43.4 Å². The zero-order valence-corrected chi connectivity index (χ0v) is 27.9. The largest absolute Gasteiger partial charge is 0.497 e. The van der Waals surface area contributed by atoms with Gasteiger partial charge in [0.1, 0.15) is 16.4 Å². The SMILES string of the molecule is COc1ccc(OC)c(S(=O)(=O)NC(=O)CNC(=O)CCC(C)C2CCC3C4CCC5CC(O)CCC5(C)C4CCC23C)c1. The number of aliphatic hydroxyl groups is 1. The summed E-state index contributed by atoms with van der Waals surface area (Å²) in [4.78, 5) is 25.0. The van der Waals surface area contributed by atoms with Gasteiger partial charge < -0.3 is 19.9 Å². The van der Waals surface area contributed by atoms with Crippen molar-refractivity contribution in [1.29, 1.82) is 0 Å². The first-order valence-corrected chi connectivity index (χ1v) is 18.0. The number of carbonyl (C=O) groups is 2. The number of ether oxygens (including phenoxy) is 2. The number of hydrogen-bond acceptors (Lipinski definition) is 7. The highest BCUT2D eigenvalue weighted by Crippen LogP contribution is 2.68. The van der Waals surface area contributed by atoms with Crippen molar-refractivity contribution in [1.82, 2.24) is 10.0 Å². The Morgan fingerprint density at radius 1 is 0.977 bits per heavy atom. The van der Waals surface area contributed by atoms with Crippen LogP contribution in [0.5, 0.6) is 11.5 Å². The van der Waals surface area contributed by atoms with Crippen molar-refractivity contribution in [3.8, 4) is 11.5 Å². The molecule has 9 unspecified atom stereocenters. The van der Waals surface area contributed by atoms with E-state index in [0.29, 0.717) is 40.8 Å². The van der Waals surface area contributed by atoms with E-state index in [-0.39, 0.29) is 22.7 Å². The standard InChI is InChI=1S/C34H52N2O7S/c1-21(6-13-31(38)35-20-32(39)36-44(40,41)30-19-24(42-4)8-12-29(30)43-5)26-10-11-27-25-9-7-22-18-23(37)14-16-33(22,2)28(25)15-17-34(26,27)3/h8,12,19,21-23,25-28,37H,6-7,9-11,13-18,20H2,1-5H3,(H,35,38)(H,36,39). The second-order valence-corrected chi connectivity index (χ2v) is 16.3. The minimum absolute atomic E-state index is 0.0798. The van der Waals surface area contributed by atoms with Crippen LogP contribution in [-0.2, 0) is 19.6 Å². The molecule has 1 aromatic rings. The maximum atomic E-state index is 12.8. The Labute approximate surface area is 263 Å². The number of hydrogen-bond donors (Lipinski definition) is 3. The van der Waals surface area contributed by atoms with Gasteiger partial charge in [-0.15, -0.1) is 0 Å². The lowest BCUT2D eigenvalue weighted by Crippen LogP contribution is -2.54. The topological polar surface area (TPSA) is 131 Å². The molecule has 0 bridgehead atoms. The number of sulfonamides is 1. The molecule has 2 amide bonds. The van der Waals surface area contributed by atoms with E-state index in [9.17, 15) is 23.1 Å². The number of amides is 2. The van der Waals surface area contributed by atoms with Crippen LogP contribution >= 0.6 is 0 Å². The first kappa shape index (κ1) is 33.0. The van der Waals surface area contributed by atoms with E-state index < -0.39 is 22.5 Å². The summed E-state index contributed by atoms with van der Waals surface area (Å²) in [7, 11) is -1.47. The molecule has 44 heavy (non-hydrogen) atoms. The number of rotatable bonds is 10. The van der Waals surface area contributed by atoms with Gasteiger partial charge in [0.15, 0.2) is 0 Å². The molecule has 0 spiro atoms. The summed E-state index contributed by atoms with van der Waals surface area (Å²) in [6, 6.07) is 4.29. The lowest BCUT2D eigenvalue weighted by molar-refractivity contribution is -0.130.